The Balaban J connectivity index is 1.81. The summed E-state index contributed by atoms with van der Waals surface area (Å²) in [5.41, 5.74) is 0.472. The minimum absolute atomic E-state index is 0.302. The van der Waals surface area contributed by atoms with Crippen molar-refractivity contribution in [2.45, 2.75) is 25.7 Å². The minimum Gasteiger partial charge on any atom is -0.316 e. The summed E-state index contributed by atoms with van der Waals surface area (Å²) in [5, 5.41) is 3.42. The van der Waals surface area contributed by atoms with Crippen LogP contribution in [0.25, 0.3) is 0 Å². The molecule has 4 heteroatoms. The third kappa shape index (κ3) is 1.61. The molecule has 0 radical (unpaired) electrons. The molecule has 1 aliphatic carbocycles. The van der Waals surface area contributed by atoms with Gasteiger partial charge in [-0.05, 0) is 44.7 Å². The van der Waals surface area contributed by atoms with Crippen molar-refractivity contribution in [3.8, 4) is 0 Å². The number of aryl methyl sites for hydroxylation is 1. The molecule has 2 unspecified atom stereocenters. The van der Waals surface area contributed by atoms with Gasteiger partial charge in [-0.3, -0.25) is 0 Å². The maximum atomic E-state index is 13.1. The number of fused-ring (bicyclic) bond motifs is 1. The van der Waals surface area contributed by atoms with Gasteiger partial charge in [-0.15, -0.1) is 0 Å². The largest absolute Gasteiger partial charge is 0.316 e. The van der Waals surface area contributed by atoms with Crippen molar-refractivity contribution in [1.82, 2.24) is 15.3 Å². The van der Waals surface area contributed by atoms with Gasteiger partial charge in [0, 0.05) is 5.92 Å². The Hall–Kier alpha value is -1.03. The predicted octanol–water partition coefficient (Wildman–Crippen LogP) is 1.64. The Bertz CT molecular complexity index is 395. The molecule has 0 amide bonds. The van der Waals surface area contributed by atoms with Crippen LogP contribution in [0, 0.1) is 24.6 Å². The maximum Gasteiger partial charge on any atom is 0.162 e. The molecule has 3 nitrogen and oxygen atoms in total. The molecule has 2 fully saturated rings. The standard InChI is InChI=1S/C12H16FN3/c1-7-11(13)6-15-12(16-7)8-2-9-4-14-5-10(9)3-8/h6,8-10,14H,2-5H2,1H3. The van der Waals surface area contributed by atoms with E-state index in [9.17, 15) is 4.39 Å². The monoisotopic (exact) mass is 221 g/mol. The first-order chi connectivity index (χ1) is 7.74. The molecule has 0 bridgehead atoms. The van der Waals surface area contributed by atoms with Crippen LogP contribution in [0.2, 0.25) is 0 Å². The van der Waals surface area contributed by atoms with Crippen LogP contribution in [0.1, 0.15) is 30.3 Å². The van der Waals surface area contributed by atoms with Gasteiger partial charge in [0.05, 0.1) is 11.9 Å². The third-order valence-corrected chi connectivity index (χ3v) is 3.96. The Morgan fingerprint density at radius 2 is 2.00 bits per heavy atom. The molecule has 0 spiro atoms. The molecule has 2 atom stereocenters. The first-order valence-corrected chi connectivity index (χ1v) is 5.94. The molecule has 2 aliphatic rings. The summed E-state index contributed by atoms with van der Waals surface area (Å²) in [5.74, 6) is 2.53. The van der Waals surface area contributed by atoms with Crippen molar-refractivity contribution in [2.24, 2.45) is 11.8 Å². The number of hydrogen-bond acceptors (Lipinski definition) is 3. The summed E-state index contributed by atoms with van der Waals surface area (Å²) in [7, 11) is 0. The molecular formula is C12H16FN3. The molecule has 1 N–H and O–H groups in total. The van der Waals surface area contributed by atoms with Crippen molar-refractivity contribution >= 4 is 0 Å². The molecule has 3 rings (SSSR count). The highest BCUT2D eigenvalue weighted by molar-refractivity contribution is 5.09. The van der Waals surface area contributed by atoms with Crippen LogP contribution in [0.15, 0.2) is 6.20 Å². The van der Waals surface area contributed by atoms with Gasteiger partial charge in [0.25, 0.3) is 0 Å². The van der Waals surface area contributed by atoms with E-state index in [1.807, 2.05) is 0 Å². The summed E-state index contributed by atoms with van der Waals surface area (Å²) >= 11 is 0. The quantitative estimate of drug-likeness (QED) is 0.783. The van der Waals surface area contributed by atoms with Gasteiger partial charge in [-0.2, -0.15) is 0 Å². The molecule has 86 valence electrons. The lowest BCUT2D eigenvalue weighted by Crippen LogP contribution is -2.12. The highest BCUT2D eigenvalue weighted by Crippen LogP contribution is 2.42. The molecule has 1 aliphatic heterocycles. The Morgan fingerprint density at radius 3 is 2.62 bits per heavy atom. The van der Waals surface area contributed by atoms with Crippen LogP contribution in [0.5, 0.6) is 0 Å². The molecular weight excluding hydrogens is 205 g/mol. The van der Waals surface area contributed by atoms with Gasteiger partial charge < -0.3 is 5.32 Å². The number of aromatic nitrogens is 2. The zero-order valence-corrected chi connectivity index (χ0v) is 9.41. The Labute approximate surface area is 94.5 Å². The van der Waals surface area contributed by atoms with E-state index in [1.54, 1.807) is 6.92 Å². The highest BCUT2D eigenvalue weighted by atomic mass is 19.1. The van der Waals surface area contributed by atoms with E-state index in [0.717, 1.165) is 43.6 Å². The van der Waals surface area contributed by atoms with Gasteiger partial charge >= 0.3 is 0 Å². The van der Waals surface area contributed by atoms with Crippen LogP contribution in [0.4, 0.5) is 4.39 Å². The minimum atomic E-state index is -0.302. The topological polar surface area (TPSA) is 37.8 Å². The number of halogens is 1. The fourth-order valence-corrected chi connectivity index (χ4v) is 3.04. The number of nitrogens with one attached hydrogen (secondary N) is 1. The molecule has 1 saturated carbocycles. The second kappa shape index (κ2) is 3.77. The average molecular weight is 221 g/mol. The zero-order chi connectivity index (χ0) is 11.1. The van der Waals surface area contributed by atoms with Crippen molar-refractivity contribution in [1.29, 1.82) is 0 Å². The average Bonchev–Trinajstić information content (AvgIpc) is 2.81. The van der Waals surface area contributed by atoms with Crippen molar-refractivity contribution in [3.63, 3.8) is 0 Å². The fourth-order valence-electron chi connectivity index (χ4n) is 3.04. The van der Waals surface area contributed by atoms with Crippen molar-refractivity contribution in [3.05, 3.63) is 23.5 Å². The van der Waals surface area contributed by atoms with E-state index in [-0.39, 0.29) is 5.82 Å². The van der Waals surface area contributed by atoms with Crippen molar-refractivity contribution in [2.75, 3.05) is 13.1 Å². The lowest BCUT2D eigenvalue weighted by atomic mass is 10.0. The summed E-state index contributed by atoms with van der Waals surface area (Å²) < 4.78 is 13.1. The van der Waals surface area contributed by atoms with Gasteiger partial charge in [-0.25, -0.2) is 14.4 Å². The summed E-state index contributed by atoms with van der Waals surface area (Å²) in [6, 6.07) is 0. The highest BCUT2D eigenvalue weighted by Gasteiger charge is 2.38. The smallest absolute Gasteiger partial charge is 0.162 e. The molecule has 0 aromatic carbocycles. The first kappa shape index (κ1) is 10.1. The van der Waals surface area contributed by atoms with Crippen molar-refractivity contribution < 1.29 is 4.39 Å². The van der Waals surface area contributed by atoms with Crippen LogP contribution in [0.3, 0.4) is 0 Å². The number of rotatable bonds is 1. The molecule has 1 saturated heterocycles. The first-order valence-electron chi connectivity index (χ1n) is 5.94. The summed E-state index contributed by atoms with van der Waals surface area (Å²) in [6.07, 6.45) is 3.62. The van der Waals surface area contributed by atoms with E-state index in [4.69, 9.17) is 0 Å². The van der Waals surface area contributed by atoms with E-state index in [0.29, 0.717) is 11.6 Å². The number of nitrogens with zero attached hydrogens (tertiary/aromatic N) is 2. The van der Waals surface area contributed by atoms with E-state index >= 15 is 0 Å². The maximum absolute atomic E-state index is 13.1. The van der Waals surface area contributed by atoms with E-state index in [1.165, 1.54) is 6.20 Å². The second-order valence-corrected chi connectivity index (χ2v) is 5.01. The molecule has 1 aromatic heterocycles. The third-order valence-electron chi connectivity index (χ3n) is 3.96. The van der Waals surface area contributed by atoms with E-state index in [2.05, 4.69) is 15.3 Å². The van der Waals surface area contributed by atoms with Gasteiger partial charge in [-0.1, -0.05) is 0 Å². The molecule has 1 aromatic rings. The number of hydrogen-bond donors (Lipinski definition) is 1. The molecule has 16 heavy (non-hydrogen) atoms. The summed E-state index contributed by atoms with van der Waals surface area (Å²) in [6.45, 7) is 3.96. The van der Waals surface area contributed by atoms with Gasteiger partial charge in [0.1, 0.15) is 5.82 Å². The van der Waals surface area contributed by atoms with E-state index < -0.39 is 0 Å². The Morgan fingerprint density at radius 1 is 1.31 bits per heavy atom. The molecule has 2 heterocycles. The van der Waals surface area contributed by atoms with Gasteiger partial charge in [0.15, 0.2) is 5.82 Å². The van der Waals surface area contributed by atoms with Crippen LogP contribution in [-0.4, -0.2) is 23.1 Å². The fraction of sp³-hybridized carbons (Fsp3) is 0.667. The zero-order valence-electron chi connectivity index (χ0n) is 9.41. The van der Waals surface area contributed by atoms with Crippen LogP contribution < -0.4 is 5.32 Å². The normalized spacial score (nSPS) is 33.0. The predicted molar refractivity (Wildman–Crippen MR) is 58.6 cm³/mol. The SMILES string of the molecule is Cc1nc(C2CC3CNCC3C2)ncc1F. The lowest BCUT2D eigenvalue weighted by Gasteiger charge is -2.10. The summed E-state index contributed by atoms with van der Waals surface area (Å²) in [4.78, 5) is 8.42. The van der Waals surface area contributed by atoms with Crippen LogP contribution >= 0.6 is 0 Å². The second-order valence-electron chi connectivity index (χ2n) is 5.01. The van der Waals surface area contributed by atoms with Gasteiger partial charge in [0.2, 0.25) is 0 Å². The lowest BCUT2D eigenvalue weighted by molar-refractivity contribution is 0.494. The van der Waals surface area contributed by atoms with Crippen LogP contribution in [-0.2, 0) is 0 Å². The Kier molecular flexibility index (Phi) is 2.39.